The number of benzene rings is 1. The molecule has 0 amide bonds. The molecular weight excluding hydrogens is 546 g/mol. The van der Waals surface area contributed by atoms with Crippen LogP contribution in [0.1, 0.15) is 60.6 Å². The van der Waals surface area contributed by atoms with Crippen LogP contribution in [0, 0.1) is 11.8 Å². The van der Waals surface area contributed by atoms with Crippen molar-refractivity contribution in [2.45, 2.75) is 58.3 Å². The van der Waals surface area contributed by atoms with Gasteiger partial charge in [0.25, 0.3) is 0 Å². The maximum Gasteiger partial charge on any atom is 0.167 e. The first kappa shape index (κ1) is 28.5. The molecular formula is C32H33N7O4. The number of nitrogens with zero attached hydrogens (tertiary/aromatic N) is 7. The van der Waals surface area contributed by atoms with Crippen LogP contribution in [0.25, 0.3) is 11.3 Å². The van der Waals surface area contributed by atoms with Crippen molar-refractivity contribution >= 4 is 0 Å². The van der Waals surface area contributed by atoms with Gasteiger partial charge >= 0.3 is 0 Å². The molecule has 220 valence electrons. The molecule has 11 nitrogen and oxygen atoms in total. The van der Waals surface area contributed by atoms with E-state index in [2.05, 4.69) is 37.3 Å². The molecule has 5 heterocycles. The number of hydrogen-bond donors (Lipinski definition) is 0. The van der Waals surface area contributed by atoms with Gasteiger partial charge in [0.15, 0.2) is 12.1 Å². The lowest BCUT2D eigenvalue weighted by Crippen LogP contribution is -2.24. The zero-order valence-corrected chi connectivity index (χ0v) is 24.0. The third-order valence-electron chi connectivity index (χ3n) is 7.03. The molecule has 0 radical (unpaired) electrons. The first-order chi connectivity index (χ1) is 21.2. The molecule has 1 aliphatic rings. The van der Waals surface area contributed by atoms with Gasteiger partial charge in [0.1, 0.15) is 17.6 Å². The van der Waals surface area contributed by atoms with Crippen LogP contribution in [0.5, 0.6) is 0 Å². The largest absolute Gasteiger partial charge is 0.373 e. The summed E-state index contributed by atoms with van der Waals surface area (Å²) in [4.78, 5) is 8.97. The van der Waals surface area contributed by atoms with Crippen molar-refractivity contribution in [3.63, 3.8) is 0 Å². The number of pyridine rings is 1. The monoisotopic (exact) mass is 579 g/mol. The van der Waals surface area contributed by atoms with Gasteiger partial charge in [-0.1, -0.05) is 22.2 Å². The van der Waals surface area contributed by atoms with Gasteiger partial charge in [-0.25, -0.2) is 4.98 Å². The van der Waals surface area contributed by atoms with Gasteiger partial charge < -0.3 is 23.3 Å². The number of imidazole rings is 1. The highest BCUT2D eigenvalue weighted by Gasteiger charge is 2.21. The smallest absolute Gasteiger partial charge is 0.167 e. The average molecular weight is 580 g/mol. The predicted octanol–water partition coefficient (Wildman–Crippen LogP) is 4.79. The van der Waals surface area contributed by atoms with E-state index >= 15 is 0 Å². The van der Waals surface area contributed by atoms with Crippen LogP contribution in [-0.4, -0.2) is 54.2 Å². The summed E-state index contributed by atoms with van der Waals surface area (Å²) >= 11 is 0. The van der Waals surface area contributed by atoms with Crippen molar-refractivity contribution in [1.82, 2.24) is 34.7 Å². The molecule has 4 aromatic heterocycles. The van der Waals surface area contributed by atoms with Crippen LogP contribution >= 0.6 is 0 Å². The molecule has 0 spiro atoms. The Morgan fingerprint density at radius 3 is 2.67 bits per heavy atom. The van der Waals surface area contributed by atoms with E-state index in [1.54, 1.807) is 29.5 Å². The zero-order chi connectivity index (χ0) is 29.3. The summed E-state index contributed by atoms with van der Waals surface area (Å²) in [5.74, 6) is 7.89. The Morgan fingerprint density at radius 2 is 1.88 bits per heavy atom. The molecule has 6 rings (SSSR count). The molecule has 0 bridgehead atoms. The molecule has 1 saturated heterocycles. The summed E-state index contributed by atoms with van der Waals surface area (Å²) in [6, 6.07) is 13.7. The first-order valence-electron chi connectivity index (χ1n) is 14.4. The minimum absolute atomic E-state index is 0.176. The van der Waals surface area contributed by atoms with Crippen molar-refractivity contribution < 1.29 is 18.7 Å². The molecule has 0 saturated carbocycles. The Hall–Kier alpha value is -4.63. The van der Waals surface area contributed by atoms with Crippen LogP contribution in [0.2, 0.25) is 0 Å². The second-order valence-corrected chi connectivity index (χ2v) is 10.3. The number of aromatic nitrogens is 7. The molecule has 2 atom stereocenters. The molecule has 0 aliphatic carbocycles. The minimum Gasteiger partial charge on any atom is -0.373 e. The number of hydrogen-bond acceptors (Lipinski definition) is 9. The Morgan fingerprint density at radius 1 is 1.00 bits per heavy atom. The van der Waals surface area contributed by atoms with E-state index in [9.17, 15) is 0 Å². The van der Waals surface area contributed by atoms with Gasteiger partial charge in [0.05, 0.1) is 38.2 Å². The Labute approximate surface area is 249 Å². The summed E-state index contributed by atoms with van der Waals surface area (Å²) < 4.78 is 26.9. The summed E-state index contributed by atoms with van der Waals surface area (Å²) in [6.07, 6.45) is 11.7. The average Bonchev–Trinajstić information content (AvgIpc) is 3.83. The number of rotatable bonds is 11. The van der Waals surface area contributed by atoms with Gasteiger partial charge in [-0.15, -0.1) is 5.10 Å². The van der Waals surface area contributed by atoms with Gasteiger partial charge in [-0.05, 0) is 62.6 Å². The molecule has 1 aromatic carbocycles. The third-order valence-corrected chi connectivity index (χ3v) is 7.03. The van der Waals surface area contributed by atoms with Crippen LogP contribution < -0.4 is 0 Å². The van der Waals surface area contributed by atoms with Gasteiger partial charge in [0, 0.05) is 54.2 Å². The molecule has 1 aliphatic heterocycles. The quantitative estimate of drug-likeness (QED) is 0.161. The fourth-order valence-electron chi connectivity index (χ4n) is 4.75. The second-order valence-electron chi connectivity index (χ2n) is 10.3. The van der Waals surface area contributed by atoms with E-state index in [1.807, 2.05) is 60.2 Å². The highest BCUT2D eigenvalue weighted by Crippen LogP contribution is 2.25. The Bertz CT molecular complexity index is 1630. The standard InChI is InChI=1S/C32H33N7O4/c1-24(42-31-4-2-3-18-41-31)32-33-13-15-38(32)22-29-20-30(43-36-29)27-10-7-25(8-11-27)5-6-26-9-12-28(34-21-26)23-40-19-17-39-16-14-35-37-39/h7-16,20-21,24,31H,2-4,17-19,22-23H2,1H3/t24-,31?/m0/s1. The van der Waals surface area contributed by atoms with E-state index in [-0.39, 0.29) is 12.4 Å². The minimum atomic E-state index is -0.192. The Kier molecular flexibility index (Phi) is 9.29. The highest BCUT2D eigenvalue weighted by atomic mass is 16.7. The summed E-state index contributed by atoms with van der Waals surface area (Å²) in [6.45, 7) is 4.90. The maximum absolute atomic E-state index is 6.11. The van der Waals surface area contributed by atoms with Gasteiger partial charge in [-0.3, -0.25) is 9.67 Å². The van der Waals surface area contributed by atoms with Crippen molar-refractivity contribution in [2.75, 3.05) is 13.2 Å². The van der Waals surface area contributed by atoms with E-state index in [0.717, 1.165) is 59.8 Å². The second kappa shape index (κ2) is 14.0. The first-order valence-corrected chi connectivity index (χ1v) is 14.4. The van der Waals surface area contributed by atoms with Crippen molar-refractivity contribution in [3.8, 4) is 23.2 Å². The zero-order valence-electron chi connectivity index (χ0n) is 24.0. The van der Waals surface area contributed by atoms with Crippen molar-refractivity contribution in [2.24, 2.45) is 0 Å². The van der Waals surface area contributed by atoms with Gasteiger partial charge in [-0.2, -0.15) is 0 Å². The number of ether oxygens (including phenoxy) is 3. The van der Waals surface area contributed by atoms with Crippen LogP contribution in [-0.2, 0) is 33.9 Å². The van der Waals surface area contributed by atoms with E-state index in [0.29, 0.717) is 32.1 Å². The van der Waals surface area contributed by atoms with E-state index in [1.165, 1.54) is 0 Å². The van der Waals surface area contributed by atoms with Crippen LogP contribution in [0.15, 0.2) is 78.0 Å². The molecule has 1 unspecified atom stereocenters. The lowest BCUT2D eigenvalue weighted by molar-refractivity contribution is -0.188. The van der Waals surface area contributed by atoms with E-state index in [4.69, 9.17) is 18.7 Å². The lowest BCUT2D eigenvalue weighted by atomic mass is 10.1. The third kappa shape index (κ3) is 7.81. The highest BCUT2D eigenvalue weighted by molar-refractivity contribution is 5.59. The molecule has 11 heteroatoms. The van der Waals surface area contributed by atoms with E-state index < -0.39 is 0 Å². The normalized spacial score (nSPS) is 15.6. The summed E-state index contributed by atoms with van der Waals surface area (Å²) in [7, 11) is 0. The van der Waals surface area contributed by atoms with Crippen molar-refractivity contribution in [1.29, 1.82) is 0 Å². The fraction of sp³-hybridized carbons (Fsp3) is 0.344. The Balaban J connectivity index is 1.01. The SMILES string of the molecule is C[C@H](OC1CCCCO1)c1nccn1Cc1cc(-c2ccc(C#Cc3ccc(COCCn4ccnn4)nc3)cc2)on1. The maximum atomic E-state index is 6.11. The van der Waals surface area contributed by atoms with Gasteiger partial charge in [0.2, 0.25) is 0 Å². The lowest BCUT2D eigenvalue weighted by Gasteiger charge is -2.26. The predicted molar refractivity (Wildman–Crippen MR) is 156 cm³/mol. The van der Waals surface area contributed by atoms with Crippen molar-refractivity contribution in [3.05, 3.63) is 102 Å². The molecule has 43 heavy (non-hydrogen) atoms. The molecule has 5 aromatic rings. The summed E-state index contributed by atoms with van der Waals surface area (Å²) in [5.41, 5.74) is 4.30. The topological polar surface area (TPSA) is 115 Å². The molecule has 0 N–H and O–H groups in total. The molecule has 1 fully saturated rings. The van der Waals surface area contributed by atoms with Crippen LogP contribution in [0.4, 0.5) is 0 Å². The summed E-state index contributed by atoms with van der Waals surface area (Å²) in [5, 5.41) is 12.0. The van der Waals surface area contributed by atoms with Crippen LogP contribution in [0.3, 0.4) is 0 Å². The fourth-order valence-corrected chi connectivity index (χ4v) is 4.75.